The van der Waals surface area contributed by atoms with E-state index in [1.165, 1.54) is 6.92 Å². The molecule has 10 saturated heterocycles. The van der Waals surface area contributed by atoms with Crippen molar-refractivity contribution in [1.29, 1.82) is 0 Å². The average molecular weight is 1790 g/mol. The number of carbonyl (C=O) groups excluding carboxylic acids is 4. The van der Waals surface area contributed by atoms with Crippen LogP contribution in [0.3, 0.4) is 0 Å². The van der Waals surface area contributed by atoms with Crippen LogP contribution in [-0.2, 0) is 109 Å². The summed E-state index contributed by atoms with van der Waals surface area (Å²) in [5.41, 5.74) is 0. The van der Waals surface area contributed by atoms with Gasteiger partial charge in [-0.2, -0.15) is 0 Å². The van der Waals surface area contributed by atoms with Crippen LogP contribution in [0.1, 0.15) is 34.6 Å². The molecule has 0 aliphatic carbocycles. The van der Waals surface area contributed by atoms with Gasteiger partial charge in [-0.3, -0.25) is 19.2 Å². The third kappa shape index (κ3) is 22.0. The Bertz CT molecular complexity index is 3290. The molecule has 0 aromatic heterocycles. The van der Waals surface area contributed by atoms with Crippen LogP contribution in [0, 0.1) is 0 Å². The zero-order valence-corrected chi connectivity index (χ0v) is 65.7. The molecule has 1 unspecified atom stereocenters. The Kier molecular flexibility index (Phi) is 35.8. The molecular weight excluding hydrogens is 1670 g/mol. The minimum absolute atomic E-state index is 0.842. The van der Waals surface area contributed by atoms with Crippen molar-refractivity contribution in [2.75, 3.05) is 59.5 Å². The van der Waals surface area contributed by atoms with Gasteiger partial charge in [0.25, 0.3) is 0 Å². The molecule has 4 amide bonds. The van der Waals surface area contributed by atoms with Gasteiger partial charge in [0, 0.05) is 27.7 Å². The second-order valence-corrected chi connectivity index (χ2v) is 31.0. The monoisotopic (exact) mass is 1790 g/mol. The van der Waals surface area contributed by atoms with Gasteiger partial charge in [-0.1, -0.05) is 0 Å². The maximum atomic E-state index is 13.3. The summed E-state index contributed by atoms with van der Waals surface area (Å²) in [5.74, 6) is -3.84. The summed E-state index contributed by atoms with van der Waals surface area (Å²) in [5, 5.41) is 311. The second kappa shape index (κ2) is 43.6. The van der Waals surface area contributed by atoms with Crippen LogP contribution in [-0.4, -0.2) is 528 Å². The molecule has 0 radical (unpaired) electrons. The fourth-order valence-electron chi connectivity index (χ4n) is 15.8. The highest BCUT2D eigenvalue weighted by atomic mass is 16.8. The number of hydrogen-bond acceptors (Lipinski definition) is 50. The Morgan fingerprint density at radius 1 is 0.230 bits per heavy atom. The van der Waals surface area contributed by atoms with Crippen molar-refractivity contribution in [3.05, 3.63) is 0 Å². The molecule has 0 bridgehead atoms. The Labute approximate surface area is 691 Å². The number of nitrogens with one attached hydrogen (secondary N) is 4. The number of rotatable bonds is 31. The number of hydrogen-bond donors (Lipinski definition) is 31. The first kappa shape index (κ1) is 100. The Morgan fingerprint density at radius 3 is 0.869 bits per heavy atom. The van der Waals surface area contributed by atoms with E-state index in [0.29, 0.717) is 0 Å². The Morgan fingerprint density at radius 2 is 0.492 bits per heavy atom. The minimum atomic E-state index is -2.65. The van der Waals surface area contributed by atoms with Gasteiger partial charge in [0.15, 0.2) is 62.9 Å². The first-order chi connectivity index (χ1) is 57.7. The maximum absolute atomic E-state index is 13.3. The summed E-state index contributed by atoms with van der Waals surface area (Å²) in [6, 6.07) is -7.84. The van der Waals surface area contributed by atoms with E-state index >= 15 is 0 Å². The van der Waals surface area contributed by atoms with Gasteiger partial charge in [-0.15, -0.1) is 0 Å². The molecule has 0 aromatic carbocycles. The molecule has 54 nitrogen and oxygen atoms in total. The van der Waals surface area contributed by atoms with Gasteiger partial charge < -0.3 is 249 Å². The fourth-order valence-corrected chi connectivity index (χ4v) is 15.8. The number of carbonyl (C=O) groups is 4. The fraction of sp³-hybridized carbons (Fsp3) is 0.941. The lowest BCUT2D eigenvalue weighted by Crippen LogP contribution is -2.71. The number of aliphatic hydroxyl groups is 27. The predicted molar refractivity (Wildman–Crippen MR) is 375 cm³/mol. The molecule has 0 spiro atoms. The van der Waals surface area contributed by atoms with Crippen LogP contribution in [0.15, 0.2) is 0 Å². The predicted octanol–water partition coefficient (Wildman–Crippen LogP) is -21.2. The van der Waals surface area contributed by atoms with E-state index in [2.05, 4.69) is 21.3 Å². The molecule has 10 aliphatic heterocycles. The molecule has 10 rings (SSSR count). The lowest BCUT2D eigenvalue weighted by molar-refractivity contribution is -0.406. The average Bonchev–Trinajstić information content (AvgIpc) is 0.765. The van der Waals surface area contributed by atoms with Crippen LogP contribution in [0.5, 0.6) is 0 Å². The largest absolute Gasteiger partial charge is 0.394 e. The standard InChI is InChI=1S/C68H114N4O50/c1-15-33(84)42(93)46(97)63(106-15)105-14-28-56(38(89)29(59(103)107-28)69-16(2)80)117-61-31(71-18(4)82)40(91)54(25(11-78)112-61)120-67-51(102)57(37(88)27(115-67)13-104-64-47(98)43(94)34(85)20(6-73)108-64)121-68-58(122-62-32(72-19(5)83)41(92)53(24(10-77)113-62)119-66-49(100)45(96)36(87)22(8-75)110-66)50(101)55(26(12-79)114-68)116-60-30(70-17(3)81)39(90)52(23(9-76)111-60)118-65-48(99)44(95)35(86)21(7-74)109-65/h15,20-68,73-79,84-103H,6-14H2,1-5H3,(H,69,80)(H,70,81)(H,71,82)(H,72,83)/t15-,20+,21+,22+,23+,24+,25+,26+,27+,28+,29+,30+,31+,32+,33+,34+,35-,36-,37+,38+,39+,40+,41+,42+,43-,44-,45-,46-,47-,48+,49+,50-,51-,52+,53+,54+,55+,56+,57-,58-,59?,60-,61-,62-,63+,64-,65-,66-,67-,68+/m0/s1. The molecule has 122 heavy (non-hydrogen) atoms. The maximum Gasteiger partial charge on any atom is 0.217 e. The minimum Gasteiger partial charge on any atom is -0.394 e. The van der Waals surface area contributed by atoms with E-state index in [0.717, 1.165) is 27.7 Å². The van der Waals surface area contributed by atoms with Crippen molar-refractivity contribution in [3.8, 4) is 0 Å². The molecule has 10 heterocycles. The second-order valence-electron chi connectivity index (χ2n) is 31.0. The van der Waals surface area contributed by atoms with Crippen molar-refractivity contribution < 1.29 is 247 Å². The zero-order valence-electron chi connectivity index (χ0n) is 65.7. The Hall–Kier alpha value is -3.96. The first-order valence-electron chi connectivity index (χ1n) is 39.0. The van der Waals surface area contributed by atoms with Gasteiger partial charge >= 0.3 is 0 Å². The van der Waals surface area contributed by atoms with Gasteiger partial charge in [0.2, 0.25) is 23.6 Å². The van der Waals surface area contributed by atoms with Crippen molar-refractivity contribution >= 4 is 23.6 Å². The lowest BCUT2D eigenvalue weighted by Gasteiger charge is -2.52. The summed E-state index contributed by atoms with van der Waals surface area (Å²) in [6.45, 7) is -4.95. The SMILES string of the molecule is CC(=O)N[C@H]1[C@H](O[C@H]2[C@H](O)[C@@H](NC(C)=O)C(O)O[C@@H]2CO[C@@H]2O[C@@H](C)[C@@H](O)[C@@H](O)[C@@H]2O)O[C@H](CO)[C@@H](O[C@@H]2O[C@H](CO[C@H]3O[C@H](CO)[C@@H](O)[C@H](O)[C@@H]3O)[C@@H](O)[C@H](O[C@H]3O[C@H](CO)[C@@H](O[C@@H]4O[C@H](CO)[C@@H](O[C@@H]5O[C@H](CO)[C@H](O)[C@H](O)[C@H]5O)[C@H](O)[C@H]4NC(C)=O)[C@H](O)[C@@H]3O[C@@H]3O[C@H](CO)[C@@H](O[C@@H]4O[C@H](CO)[C@H](O)[C@H](O)[C@H]4O)[C@H](O)[C@H]3NC(C)=O)[C@@H]2O)[C@@H]1O. The molecule has 0 saturated carbocycles. The summed E-state index contributed by atoms with van der Waals surface area (Å²) >= 11 is 0. The van der Waals surface area contributed by atoms with Crippen LogP contribution < -0.4 is 21.3 Å². The van der Waals surface area contributed by atoms with E-state index in [-0.39, 0.29) is 0 Å². The van der Waals surface area contributed by atoms with Crippen LogP contribution >= 0.6 is 0 Å². The summed E-state index contributed by atoms with van der Waals surface area (Å²) in [4.78, 5) is 52.0. The first-order valence-corrected chi connectivity index (χ1v) is 39.0. The molecule has 10 aliphatic rings. The number of ether oxygens (including phenoxy) is 19. The highest BCUT2D eigenvalue weighted by molar-refractivity contribution is 5.74. The highest BCUT2D eigenvalue weighted by Gasteiger charge is 2.62. The van der Waals surface area contributed by atoms with E-state index in [1.54, 1.807) is 0 Å². The smallest absolute Gasteiger partial charge is 0.217 e. The summed E-state index contributed by atoms with van der Waals surface area (Å²) in [7, 11) is 0. The quantitative estimate of drug-likeness (QED) is 0.0306. The van der Waals surface area contributed by atoms with Crippen molar-refractivity contribution in [2.45, 2.75) is 341 Å². The van der Waals surface area contributed by atoms with E-state index in [9.17, 15) is 157 Å². The molecule has 31 N–H and O–H groups in total. The van der Waals surface area contributed by atoms with E-state index < -0.39 is 390 Å². The van der Waals surface area contributed by atoms with Gasteiger partial charge in [-0.05, 0) is 6.92 Å². The summed E-state index contributed by atoms with van der Waals surface area (Å²) in [6.07, 6.45) is -96.0. The van der Waals surface area contributed by atoms with Crippen molar-refractivity contribution in [1.82, 2.24) is 21.3 Å². The third-order valence-electron chi connectivity index (χ3n) is 22.4. The molecule has 50 atom stereocenters. The van der Waals surface area contributed by atoms with Gasteiger partial charge in [0.05, 0.1) is 65.6 Å². The van der Waals surface area contributed by atoms with Crippen LogP contribution in [0.25, 0.3) is 0 Å². The normalized spacial score (nSPS) is 49.7. The van der Waals surface area contributed by atoms with Gasteiger partial charge in [0.1, 0.15) is 238 Å². The van der Waals surface area contributed by atoms with Crippen LogP contribution in [0.4, 0.5) is 0 Å². The molecule has 10 fully saturated rings. The summed E-state index contributed by atoms with van der Waals surface area (Å²) < 4.78 is 113. The zero-order chi connectivity index (χ0) is 89.8. The lowest BCUT2D eigenvalue weighted by atomic mass is 9.93. The highest BCUT2D eigenvalue weighted by Crippen LogP contribution is 2.41. The molecule has 0 aromatic rings. The van der Waals surface area contributed by atoms with Gasteiger partial charge in [-0.25, -0.2) is 0 Å². The number of aliphatic hydroxyl groups excluding tert-OH is 27. The van der Waals surface area contributed by atoms with Crippen molar-refractivity contribution in [3.63, 3.8) is 0 Å². The topological polar surface area (TPSA) is 838 Å². The molecular formula is C68H114N4O50. The van der Waals surface area contributed by atoms with E-state index in [1.807, 2.05) is 0 Å². The number of amides is 4. The molecule has 54 heteroatoms. The van der Waals surface area contributed by atoms with Crippen LogP contribution in [0.2, 0.25) is 0 Å². The Balaban J connectivity index is 1.01. The van der Waals surface area contributed by atoms with Crippen molar-refractivity contribution in [2.24, 2.45) is 0 Å². The van der Waals surface area contributed by atoms with E-state index in [4.69, 9.17) is 90.0 Å². The third-order valence-corrected chi connectivity index (χ3v) is 22.4. The molecule has 706 valence electrons.